The highest BCUT2D eigenvalue weighted by molar-refractivity contribution is 5.93. The second-order valence-electron chi connectivity index (χ2n) is 4.18. The van der Waals surface area contributed by atoms with Gasteiger partial charge in [0.2, 0.25) is 0 Å². The molecule has 0 aliphatic heterocycles. The lowest BCUT2D eigenvalue weighted by molar-refractivity contribution is 0.0935. The molecule has 17 heavy (non-hydrogen) atoms. The van der Waals surface area contributed by atoms with Crippen LogP contribution in [0, 0.1) is 0 Å². The Morgan fingerprint density at radius 3 is 2.88 bits per heavy atom. The third-order valence-corrected chi connectivity index (χ3v) is 2.79. The Hall–Kier alpha value is -1.62. The van der Waals surface area contributed by atoms with Crippen LogP contribution in [0.15, 0.2) is 16.9 Å². The van der Waals surface area contributed by atoms with Crippen molar-refractivity contribution in [1.82, 2.24) is 10.3 Å². The maximum atomic E-state index is 11.7. The molecule has 5 nitrogen and oxygen atoms in total. The van der Waals surface area contributed by atoms with E-state index in [0.717, 1.165) is 18.5 Å². The normalized spacial score (nSPS) is 14.6. The van der Waals surface area contributed by atoms with E-state index < -0.39 is 0 Å². The van der Waals surface area contributed by atoms with Crippen molar-refractivity contribution >= 4 is 5.91 Å². The van der Waals surface area contributed by atoms with E-state index in [2.05, 4.69) is 10.3 Å². The first-order valence-electron chi connectivity index (χ1n) is 5.72. The Labute approximate surface area is 99.2 Å². The number of aromatic nitrogens is 1. The number of carbonyl (C=O) groups excluding carboxylic acids is 1. The van der Waals surface area contributed by atoms with Crippen molar-refractivity contribution in [3.63, 3.8) is 0 Å². The van der Waals surface area contributed by atoms with E-state index in [1.54, 1.807) is 13.2 Å². The number of ether oxygens (including phenoxy) is 1. The molecular weight excluding hydrogens is 220 g/mol. The third-order valence-electron chi connectivity index (χ3n) is 2.79. The van der Waals surface area contributed by atoms with Crippen molar-refractivity contribution in [2.24, 2.45) is 0 Å². The Bertz CT molecular complexity index is 463. The fourth-order valence-corrected chi connectivity index (χ4v) is 1.66. The Balaban J connectivity index is 2.04. The second-order valence-corrected chi connectivity index (χ2v) is 4.18. The van der Waals surface area contributed by atoms with Crippen LogP contribution in [0.1, 0.15) is 34.8 Å². The molecular formula is C12H16N2O3. The van der Waals surface area contributed by atoms with Crippen LogP contribution in [0.4, 0.5) is 0 Å². The molecule has 0 unspecified atom stereocenters. The van der Waals surface area contributed by atoms with Crippen molar-refractivity contribution in [2.45, 2.75) is 18.8 Å². The van der Waals surface area contributed by atoms with Crippen molar-refractivity contribution < 1.29 is 9.53 Å². The largest absolute Gasteiger partial charge is 0.383 e. The van der Waals surface area contributed by atoms with Crippen LogP contribution in [0.25, 0.3) is 0 Å². The van der Waals surface area contributed by atoms with Crippen molar-refractivity contribution in [3.05, 3.63) is 33.7 Å². The fraction of sp³-hybridized carbons (Fsp3) is 0.500. The molecule has 1 aromatic rings. The molecule has 92 valence electrons. The lowest BCUT2D eigenvalue weighted by Gasteiger charge is -2.04. The summed E-state index contributed by atoms with van der Waals surface area (Å²) >= 11 is 0. The van der Waals surface area contributed by atoms with Gasteiger partial charge in [-0.15, -0.1) is 0 Å². The Morgan fingerprint density at radius 2 is 2.29 bits per heavy atom. The average molecular weight is 236 g/mol. The zero-order valence-corrected chi connectivity index (χ0v) is 9.79. The van der Waals surface area contributed by atoms with E-state index in [1.807, 2.05) is 6.07 Å². The van der Waals surface area contributed by atoms with Crippen molar-refractivity contribution in [2.75, 3.05) is 20.3 Å². The van der Waals surface area contributed by atoms with E-state index >= 15 is 0 Å². The predicted molar refractivity (Wildman–Crippen MR) is 63.2 cm³/mol. The van der Waals surface area contributed by atoms with Crippen LogP contribution >= 0.6 is 0 Å². The number of pyridine rings is 1. The van der Waals surface area contributed by atoms with Crippen LogP contribution in [0.3, 0.4) is 0 Å². The van der Waals surface area contributed by atoms with E-state index in [9.17, 15) is 9.59 Å². The summed E-state index contributed by atoms with van der Waals surface area (Å²) in [6.45, 7) is 0.836. The zero-order valence-electron chi connectivity index (χ0n) is 9.79. The summed E-state index contributed by atoms with van der Waals surface area (Å²) in [7, 11) is 1.56. The first-order chi connectivity index (χ1) is 8.22. The van der Waals surface area contributed by atoms with E-state index in [1.165, 1.54) is 0 Å². The van der Waals surface area contributed by atoms with E-state index in [-0.39, 0.29) is 17.0 Å². The summed E-state index contributed by atoms with van der Waals surface area (Å²) in [5, 5.41) is 2.62. The lowest BCUT2D eigenvalue weighted by atomic mass is 10.2. The predicted octanol–water partition coefficient (Wildman–Crippen LogP) is 0.628. The molecule has 0 atom stereocenters. The molecule has 0 aromatic carbocycles. The van der Waals surface area contributed by atoms with Crippen LogP contribution < -0.4 is 10.9 Å². The number of amides is 1. The molecule has 1 saturated carbocycles. The minimum absolute atomic E-state index is 0.158. The minimum atomic E-state index is -0.356. The van der Waals surface area contributed by atoms with Gasteiger partial charge in [0.05, 0.1) is 6.61 Å². The number of nitrogens with one attached hydrogen (secondary N) is 2. The van der Waals surface area contributed by atoms with Crippen LogP contribution in [0.5, 0.6) is 0 Å². The van der Waals surface area contributed by atoms with Gasteiger partial charge in [-0.3, -0.25) is 9.59 Å². The standard InChI is InChI=1S/C12H16N2O3/c1-17-7-6-13-11(15)9-4-5-10(8-2-3-8)14-12(9)16/h4-5,8H,2-3,6-7H2,1H3,(H,13,15)(H,14,16). The first-order valence-corrected chi connectivity index (χ1v) is 5.72. The summed E-state index contributed by atoms with van der Waals surface area (Å²) in [5.74, 6) is 0.124. The highest BCUT2D eigenvalue weighted by Crippen LogP contribution is 2.38. The minimum Gasteiger partial charge on any atom is -0.383 e. The summed E-state index contributed by atoms with van der Waals surface area (Å²) < 4.78 is 4.82. The number of aromatic amines is 1. The summed E-state index contributed by atoms with van der Waals surface area (Å²) in [6.07, 6.45) is 2.24. The van der Waals surface area contributed by atoms with Gasteiger partial charge in [-0.25, -0.2) is 0 Å². The molecule has 1 amide bonds. The van der Waals surface area contributed by atoms with Crippen LogP contribution in [-0.2, 0) is 4.74 Å². The second kappa shape index (κ2) is 5.14. The smallest absolute Gasteiger partial charge is 0.261 e. The number of carbonyl (C=O) groups is 1. The van der Waals surface area contributed by atoms with Gasteiger partial charge in [-0.1, -0.05) is 0 Å². The molecule has 1 aliphatic carbocycles. The molecule has 1 fully saturated rings. The quantitative estimate of drug-likeness (QED) is 0.736. The zero-order chi connectivity index (χ0) is 12.3. The first kappa shape index (κ1) is 11.9. The van der Waals surface area contributed by atoms with Gasteiger partial charge in [0, 0.05) is 19.3 Å². The van der Waals surface area contributed by atoms with Crippen molar-refractivity contribution in [3.8, 4) is 0 Å². The molecule has 0 radical (unpaired) electrons. The maximum absolute atomic E-state index is 11.7. The van der Waals surface area contributed by atoms with Gasteiger partial charge >= 0.3 is 0 Å². The monoisotopic (exact) mass is 236 g/mol. The molecule has 1 aliphatic rings. The summed E-state index contributed by atoms with van der Waals surface area (Å²) in [4.78, 5) is 26.1. The topological polar surface area (TPSA) is 71.2 Å². The van der Waals surface area contributed by atoms with Crippen LogP contribution in [0.2, 0.25) is 0 Å². The molecule has 1 aromatic heterocycles. The van der Waals surface area contributed by atoms with E-state index in [0.29, 0.717) is 19.1 Å². The average Bonchev–Trinajstić information content (AvgIpc) is 3.13. The lowest BCUT2D eigenvalue weighted by Crippen LogP contribution is -2.32. The highest BCUT2D eigenvalue weighted by Gasteiger charge is 2.25. The molecule has 0 spiro atoms. The Kier molecular flexibility index (Phi) is 3.58. The number of hydrogen-bond acceptors (Lipinski definition) is 3. The SMILES string of the molecule is COCCNC(=O)c1ccc(C2CC2)[nH]c1=O. The van der Waals surface area contributed by atoms with Gasteiger partial charge in [0.15, 0.2) is 0 Å². The van der Waals surface area contributed by atoms with Gasteiger partial charge < -0.3 is 15.0 Å². The van der Waals surface area contributed by atoms with Gasteiger partial charge in [0.25, 0.3) is 11.5 Å². The number of hydrogen-bond donors (Lipinski definition) is 2. The molecule has 5 heteroatoms. The molecule has 0 bridgehead atoms. The Morgan fingerprint density at radius 1 is 1.53 bits per heavy atom. The number of H-pyrrole nitrogens is 1. The van der Waals surface area contributed by atoms with Gasteiger partial charge in [0.1, 0.15) is 5.56 Å². The molecule has 0 saturated heterocycles. The highest BCUT2D eigenvalue weighted by atomic mass is 16.5. The molecule has 2 N–H and O–H groups in total. The van der Waals surface area contributed by atoms with Crippen LogP contribution in [-0.4, -0.2) is 31.2 Å². The molecule has 2 rings (SSSR count). The summed E-state index contributed by atoms with van der Waals surface area (Å²) in [6, 6.07) is 3.42. The maximum Gasteiger partial charge on any atom is 0.261 e. The van der Waals surface area contributed by atoms with Gasteiger partial charge in [-0.05, 0) is 30.9 Å². The van der Waals surface area contributed by atoms with E-state index in [4.69, 9.17) is 4.74 Å². The fourth-order valence-electron chi connectivity index (χ4n) is 1.66. The number of rotatable bonds is 5. The third kappa shape index (κ3) is 2.94. The van der Waals surface area contributed by atoms with Gasteiger partial charge in [-0.2, -0.15) is 0 Å². The summed E-state index contributed by atoms with van der Waals surface area (Å²) in [5.41, 5.74) is 0.776. The van der Waals surface area contributed by atoms with Crippen molar-refractivity contribution in [1.29, 1.82) is 0 Å². The molecule has 1 heterocycles. The number of methoxy groups -OCH3 is 1.